The van der Waals surface area contributed by atoms with Gasteiger partial charge in [-0.3, -0.25) is 9.36 Å². The minimum atomic E-state index is -0.0693. The molecule has 1 amide bonds. The molecule has 6 nitrogen and oxygen atoms in total. The third-order valence-electron chi connectivity index (χ3n) is 4.74. The average molecular weight is 395 g/mol. The fraction of sp³-hybridized carbons (Fsp3) is 0.286. The Morgan fingerprint density at radius 1 is 1.18 bits per heavy atom. The van der Waals surface area contributed by atoms with Gasteiger partial charge in [-0.1, -0.05) is 59.8 Å². The van der Waals surface area contributed by atoms with E-state index in [0.29, 0.717) is 30.6 Å². The summed E-state index contributed by atoms with van der Waals surface area (Å²) in [5, 5.41) is 8.90. The molecule has 0 spiro atoms. The van der Waals surface area contributed by atoms with Gasteiger partial charge in [0.15, 0.2) is 5.16 Å². The van der Waals surface area contributed by atoms with E-state index in [1.54, 1.807) is 6.33 Å². The Morgan fingerprint density at radius 3 is 2.75 bits per heavy atom. The van der Waals surface area contributed by atoms with Gasteiger partial charge in [-0.15, -0.1) is 10.2 Å². The van der Waals surface area contributed by atoms with Gasteiger partial charge in [0.25, 0.3) is 0 Å². The summed E-state index contributed by atoms with van der Waals surface area (Å²) in [6.45, 7) is 3.80. The minimum absolute atomic E-state index is 0.0693. The van der Waals surface area contributed by atoms with Crippen molar-refractivity contribution in [1.29, 1.82) is 0 Å². The number of aryl methyl sites for hydroxylation is 1. The third kappa shape index (κ3) is 4.26. The van der Waals surface area contributed by atoms with E-state index < -0.39 is 0 Å². The normalized spacial score (nSPS) is 16.9. The Morgan fingerprint density at radius 2 is 1.96 bits per heavy atom. The summed E-state index contributed by atoms with van der Waals surface area (Å²) in [6.07, 6.45) is 1.61. The molecule has 1 atom stereocenters. The molecule has 0 N–H and O–H groups in total. The Balaban J connectivity index is 1.38. The minimum Gasteiger partial charge on any atom is -0.370 e. The second-order valence-corrected chi connectivity index (χ2v) is 7.66. The van der Waals surface area contributed by atoms with E-state index in [0.717, 1.165) is 11.3 Å². The molecule has 7 heteroatoms. The maximum Gasteiger partial charge on any atom is 0.233 e. The van der Waals surface area contributed by atoms with Crippen molar-refractivity contribution in [2.24, 2.45) is 0 Å². The SMILES string of the molecule is Cc1ccc(-n2cnnc2SCC(=O)N2CCOC(c3ccccc3)C2)cc1. The number of morpholine rings is 1. The molecule has 1 saturated heterocycles. The van der Waals surface area contributed by atoms with E-state index in [9.17, 15) is 4.79 Å². The number of aromatic nitrogens is 3. The van der Waals surface area contributed by atoms with E-state index in [1.165, 1.54) is 17.3 Å². The standard InChI is InChI=1S/C21H22N4O2S/c1-16-7-9-18(10-8-16)25-15-22-23-21(25)28-14-20(26)24-11-12-27-19(13-24)17-5-3-2-4-6-17/h2-10,15,19H,11-14H2,1H3. The van der Waals surface area contributed by atoms with Crippen LogP contribution in [0.2, 0.25) is 0 Å². The zero-order valence-electron chi connectivity index (χ0n) is 15.7. The third-order valence-corrected chi connectivity index (χ3v) is 5.67. The highest BCUT2D eigenvalue weighted by molar-refractivity contribution is 7.99. The number of benzene rings is 2. The van der Waals surface area contributed by atoms with Crippen LogP contribution in [0.25, 0.3) is 5.69 Å². The van der Waals surface area contributed by atoms with Crippen molar-refractivity contribution in [3.05, 3.63) is 72.1 Å². The van der Waals surface area contributed by atoms with Crippen LogP contribution < -0.4 is 0 Å². The number of carbonyl (C=O) groups is 1. The number of nitrogens with zero attached hydrogens (tertiary/aromatic N) is 4. The van der Waals surface area contributed by atoms with Gasteiger partial charge >= 0.3 is 0 Å². The van der Waals surface area contributed by atoms with Gasteiger partial charge < -0.3 is 9.64 Å². The molecule has 0 saturated carbocycles. The Hall–Kier alpha value is -2.64. The fourth-order valence-corrected chi connectivity index (χ4v) is 4.00. The number of thioether (sulfide) groups is 1. The highest BCUT2D eigenvalue weighted by Crippen LogP contribution is 2.24. The van der Waals surface area contributed by atoms with Crippen molar-refractivity contribution in [3.8, 4) is 5.69 Å². The first-order chi connectivity index (χ1) is 13.7. The van der Waals surface area contributed by atoms with Crippen LogP contribution in [0.3, 0.4) is 0 Å². The largest absolute Gasteiger partial charge is 0.370 e. The van der Waals surface area contributed by atoms with Gasteiger partial charge in [0.2, 0.25) is 5.91 Å². The first kappa shape index (κ1) is 18.7. The van der Waals surface area contributed by atoms with Crippen LogP contribution in [-0.4, -0.2) is 51.0 Å². The quantitative estimate of drug-likeness (QED) is 0.622. The van der Waals surface area contributed by atoms with Crippen molar-refractivity contribution in [2.45, 2.75) is 18.2 Å². The molecule has 144 valence electrons. The van der Waals surface area contributed by atoms with Crippen molar-refractivity contribution >= 4 is 17.7 Å². The molecule has 1 aliphatic rings. The molecule has 2 aromatic carbocycles. The smallest absolute Gasteiger partial charge is 0.233 e. The van der Waals surface area contributed by atoms with Crippen LogP contribution in [0.15, 0.2) is 66.1 Å². The lowest BCUT2D eigenvalue weighted by molar-refractivity contribution is -0.136. The first-order valence-electron chi connectivity index (χ1n) is 9.25. The number of hydrogen-bond donors (Lipinski definition) is 0. The first-order valence-corrected chi connectivity index (χ1v) is 10.2. The summed E-state index contributed by atoms with van der Waals surface area (Å²) in [7, 11) is 0. The number of carbonyl (C=O) groups excluding carboxylic acids is 1. The predicted octanol–water partition coefficient (Wildman–Crippen LogP) is 3.27. The molecule has 0 radical (unpaired) electrons. The summed E-state index contributed by atoms with van der Waals surface area (Å²) in [5.41, 5.74) is 3.29. The average Bonchev–Trinajstić information content (AvgIpc) is 3.22. The maximum absolute atomic E-state index is 12.8. The molecule has 1 fully saturated rings. The van der Waals surface area contributed by atoms with Gasteiger partial charge in [-0.25, -0.2) is 0 Å². The fourth-order valence-electron chi connectivity index (χ4n) is 3.17. The summed E-state index contributed by atoms with van der Waals surface area (Å²) >= 11 is 1.41. The molecule has 1 unspecified atom stereocenters. The van der Waals surface area contributed by atoms with Crippen LogP contribution in [-0.2, 0) is 9.53 Å². The molecular formula is C21H22N4O2S. The lowest BCUT2D eigenvalue weighted by atomic mass is 10.1. The van der Waals surface area contributed by atoms with Gasteiger partial charge in [-0.2, -0.15) is 0 Å². The lowest BCUT2D eigenvalue weighted by Crippen LogP contribution is -2.43. The molecule has 2 heterocycles. The van der Waals surface area contributed by atoms with E-state index >= 15 is 0 Å². The molecule has 3 aromatic rings. The summed E-state index contributed by atoms with van der Waals surface area (Å²) in [5.74, 6) is 0.416. The van der Waals surface area contributed by atoms with Crippen molar-refractivity contribution < 1.29 is 9.53 Å². The molecule has 0 aliphatic carbocycles. The van der Waals surface area contributed by atoms with Crippen molar-refractivity contribution in [3.63, 3.8) is 0 Å². The number of ether oxygens (including phenoxy) is 1. The lowest BCUT2D eigenvalue weighted by Gasteiger charge is -2.33. The van der Waals surface area contributed by atoms with Crippen LogP contribution in [0.4, 0.5) is 0 Å². The highest BCUT2D eigenvalue weighted by atomic mass is 32.2. The predicted molar refractivity (Wildman–Crippen MR) is 109 cm³/mol. The molecule has 4 rings (SSSR count). The molecule has 0 bridgehead atoms. The number of rotatable bonds is 5. The van der Waals surface area contributed by atoms with E-state index in [2.05, 4.69) is 17.1 Å². The zero-order chi connectivity index (χ0) is 19.3. The highest BCUT2D eigenvalue weighted by Gasteiger charge is 2.25. The summed E-state index contributed by atoms with van der Waals surface area (Å²) < 4.78 is 7.76. The van der Waals surface area contributed by atoms with E-state index in [-0.39, 0.29) is 12.0 Å². The monoisotopic (exact) mass is 394 g/mol. The van der Waals surface area contributed by atoms with Crippen LogP contribution in [0.1, 0.15) is 17.2 Å². The number of hydrogen-bond acceptors (Lipinski definition) is 5. The van der Waals surface area contributed by atoms with E-state index in [4.69, 9.17) is 4.74 Å². The second-order valence-electron chi connectivity index (χ2n) is 6.72. The Labute approximate surface area is 168 Å². The van der Waals surface area contributed by atoms with Crippen molar-refractivity contribution in [2.75, 3.05) is 25.4 Å². The number of amides is 1. The van der Waals surface area contributed by atoms with Gasteiger partial charge in [0.05, 0.1) is 18.9 Å². The van der Waals surface area contributed by atoms with Gasteiger partial charge in [0, 0.05) is 12.2 Å². The topological polar surface area (TPSA) is 60.2 Å². The van der Waals surface area contributed by atoms with Crippen LogP contribution in [0.5, 0.6) is 0 Å². The summed E-state index contributed by atoms with van der Waals surface area (Å²) in [6, 6.07) is 18.2. The molecule has 1 aromatic heterocycles. The van der Waals surface area contributed by atoms with Crippen LogP contribution in [0, 0.1) is 6.92 Å². The molecule has 28 heavy (non-hydrogen) atoms. The zero-order valence-corrected chi connectivity index (χ0v) is 16.5. The van der Waals surface area contributed by atoms with Crippen molar-refractivity contribution in [1.82, 2.24) is 19.7 Å². The van der Waals surface area contributed by atoms with E-state index in [1.807, 2.05) is 64.1 Å². The van der Waals surface area contributed by atoms with Gasteiger partial charge in [-0.05, 0) is 24.6 Å². The van der Waals surface area contributed by atoms with Gasteiger partial charge in [0.1, 0.15) is 12.4 Å². The summed E-state index contributed by atoms with van der Waals surface area (Å²) in [4.78, 5) is 14.6. The van der Waals surface area contributed by atoms with Crippen LogP contribution >= 0.6 is 11.8 Å². The maximum atomic E-state index is 12.8. The second kappa shape index (κ2) is 8.58. The Kier molecular flexibility index (Phi) is 5.73. The Bertz CT molecular complexity index is 927. The molecule has 1 aliphatic heterocycles. The molecular weight excluding hydrogens is 372 g/mol.